The van der Waals surface area contributed by atoms with E-state index in [1.807, 2.05) is 6.07 Å². The van der Waals surface area contributed by atoms with Crippen LogP contribution in [0.5, 0.6) is 0 Å². The van der Waals surface area contributed by atoms with E-state index in [0.717, 1.165) is 23.2 Å². The fourth-order valence-electron chi connectivity index (χ4n) is 3.27. The van der Waals surface area contributed by atoms with Crippen LogP contribution in [0.2, 0.25) is 0 Å². The van der Waals surface area contributed by atoms with Gasteiger partial charge in [0.1, 0.15) is 5.76 Å². The normalized spacial score (nSPS) is 23.0. The van der Waals surface area contributed by atoms with Gasteiger partial charge in [-0.15, -0.1) is 0 Å². The largest absolute Gasteiger partial charge is 0.466 e. The fourth-order valence-corrected chi connectivity index (χ4v) is 3.72. The van der Waals surface area contributed by atoms with Crippen LogP contribution in [0.3, 0.4) is 0 Å². The summed E-state index contributed by atoms with van der Waals surface area (Å²) in [4.78, 5) is 0. The lowest BCUT2D eigenvalue weighted by atomic mass is 10.0. The lowest BCUT2D eigenvalue weighted by molar-refractivity contribution is 0.340. The molecule has 1 heterocycles. The summed E-state index contributed by atoms with van der Waals surface area (Å²) in [6, 6.07) is 2.29. The van der Waals surface area contributed by atoms with Gasteiger partial charge in [0, 0.05) is 0 Å². The van der Waals surface area contributed by atoms with Crippen LogP contribution in [0.25, 0.3) is 0 Å². The Morgan fingerprint density at radius 3 is 2.33 bits per heavy atom. The van der Waals surface area contributed by atoms with Gasteiger partial charge in [0.2, 0.25) is 0 Å². The molecule has 18 heavy (non-hydrogen) atoms. The number of hydrogen-bond donors (Lipinski definition) is 1. The van der Waals surface area contributed by atoms with E-state index in [4.69, 9.17) is 4.42 Å². The van der Waals surface area contributed by atoms with E-state index in [1.54, 1.807) is 6.26 Å². The molecular weight excluding hydrogens is 290 g/mol. The van der Waals surface area contributed by atoms with E-state index in [1.165, 1.54) is 0 Å². The van der Waals surface area contributed by atoms with Gasteiger partial charge >= 0.3 is 0 Å². The third-order valence-corrected chi connectivity index (χ3v) is 5.66. The Balaban J connectivity index is 2.26. The summed E-state index contributed by atoms with van der Waals surface area (Å²) in [6.07, 6.45) is 2.91. The molecule has 1 atom stereocenters. The highest BCUT2D eigenvalue weighted by Gasteiger charge is 2.67. The van der Waals surface area contributed by atoms with Gasteiger partial charge in [-0.2, -0.15) is 0 Å². The van der Waals surface area contributed by atoms with Crippen molar-refractivity contribution in [3.8, 4) is 0 Å². The number of halogens is 1. The molecule has 0 spiro atoms. The summed E-state index contributed by atoms with van der Waals surface area (Å²) in [6.45, 7) is 12.7. The van der Waals surface area contributed by atoms with Crippen LogP contribution in [-0.4, -0.2) is 6.54 Å². The first-order valence-electron chi connectivity index (χ1n) is 6.80. The molecule has 2 nitrogen and oxygen atoms in total. The molecule has 0 aliphatic heterocycles. The van der Waals surface area contributed by atoms with Gasteiger partial charge in [0.25, 0.3) is 0 Å². The lowest BCUT2D eigenvalue weighted by Crippen LogP contribution is -2.26. The summed E-state index contributed by atoms with van der Waals surface area (Å²) >= 11 is 3.60. The third-order valence-electron chi connectivity index (χ3n) is 5.01. The molecule has 0 amide bonds. The quantitative estimate of drug-likeness (QED) is 0.847. The Morgan fingerprint density at radius 1 is 1.33 bits per heavy atom. The smallest absolute Gasteiger partial charge is 0.135 e. The Labute approximate surface area is 119 Å². The highest BCUT2D eigenvalue weighted by atomic mass is 79.9. The summed E-state index contributed by atoms with van der Waals surface area (Å²) < 4.78 is 6.78. The first-order chi connectivity index (χ1) is 8.34. The van der Waals surface area contributed by atoms with Gasteiger partial charge in [-0.25, -0.2) is 0 Å². The Hall–Kier alpha value is -0.280. The number of nitrogens with one attached hydrogen (secondary N) is 1. The molecule has 102 valence electrons. The zero-order valence-corrected chi connectivity index (χ0v) is 13.6. The molecule has 1 aromatic rings. The number of hydrogen-bond acceptors (Lipinski definition) is 2. The predicted octanol–water partition coefficient (Wildman–Crippen LogP) is 4.77. The third kappa shape index (κ3) is 2.05. The van der Waals surface area contributed by atoms with Crippen LogP contribution in [-0.2, 0) is 0 Å². The van der Waals surface area contributed by atoms with Crippen molar-refractivity contribution >= 4 is 15.9 Å². The summed E-state index contributed by atoms with van der Waals surface area (Å²) in [5, 5.41) is 3.66. The summed E-state index contributed by atoms with van der Waals surface area (Å²) in [5.41, 5.74) is 0.704. The van der Waals surface area contributed by atoms with Crippen LogP contribution < -0.4 is 5.32 Å². The molecule has 0 radical (unpaired) electrons. The average Bonchev–Trinajstić information content (AvgIpc) is 2.64. The second-order valence-corrected chi connectivity index (χ2v) is 7.34. The number of furan rings is 1. The monoisotopic (exact) mass is 313 g/mol. The molecule has 1 saturated carbocycles. The molecule has 0 saturated heterocycles. The van der Waals surface area contributed by atoms with Crippen molar-refractivity contribution in [2.24, 2.45) is 16.7 Å². The van der Waals surface area contributed by atoms with Crippen LogP contribution in [0.15, 0.2) is 21.2 Å². The maximum absolute atomic E-state index is 5.70. The van der Waals surface area contributed by atoms with Crippen molar-refractivity contribution in [3.63, 3.8) is 0 Å². The zero-order valence-electron chi connectivity index (χ0n) is 12.0. The molecule has 1 aliphatic rings. The van der Waals surface area contributed by atoms with E-state index in [9.17, 15) is 0 Å². The first kappa shape index (κ1) is 14.1. The Kier molecular flexibility index (Phi) is 3.67. The molecule has 1 N–H and O–H groups in total. The van der Waals surface area contributed by atoms with Gasteiger partial charge in [-0.1, -0.05) is 34.6 Å². The maximum Gasteiger partial charge on any atom is 0.135 e. The molecule has 0 aromatic carbocycles. The highest BCUT2D eigenvalue weighted by molar-refractivity contribution is 9.10. The molecule has 1 fully saturated rings. The highest BCUT2D eigenvalue weighted by Crippen LogP contribution is 2.72. The lowest BCUT2D eigenvalue weighted by Gasteiger charge is -2.19. The van der Waals surface area contributed by atoms with Crippen molar-refractivity contribution in [1.29, 1.82) is 0 Å². The zero-order chi connectivity index (χ0) is 13.6. The molecule has 1 unspecified atom stereocenters. The minimum Gasteiger partial charge on any atom is -0.466 e. The van der Waals surface area contributed by atoms with Crippen molar-refractivity contribution in [1.82, 2.24) is 5.32 Å². The minimum absolute atomic E-state index is 0.305. The second kappa shape index (κ2) is 4.68. The maximum atomic E-state index is 5.70. The molecule has 3 heteroatoms. The molecule has 1 aliphatic carbocycles. The van der Waals surface area contributed by atoms with Crippen LogP contribution >= 0.6 is 15.9 Å². The van der Waals surface area contributed by atoms with E-state index in [-0.39, 0.29) is 0 Å². The standard InChI is InChI=1S/C15H24BrNO/c1-6-8-17-11(12-10(16)7-9-18-12)13-14(2,3)15(13,4)5/h7,9,11,13,17H,6,8H2,1-5H3. The van der Waals surface area contributed by atoms with Gasteiger partial charge in [-0.3, -0.25) is 0 Å². The van der Waals surface area contributed by atoms with E-state index >= 15 is 0 Å². The SMILES string of the molecule is CCCNC(c1occc1Br)C1C(C)(C)C1(C)C. The average molecular weight is 314 g/mol. The Bertz CT molecular complexity index is 408. The van der Waals surface area contributed by atoms with Crippen molar-refractivity contribution in [2.75, 3.05) is 6.54 Å². The van der Waals surface area contributed by atoms with Crippen molar-refractivity contribution < 1.29 is 4.42 Å². The van der Waals surface area contributed by atoms with Gasteiger partial charge in [0.05, 0.1) is 16.8 Å². The molecule has 2 rings (SSSR count). The van der Waals surface area contributed by atoms with Gasteiger partial charge in [-0.05, 0) is 51.7 Å². The topological polar surface area (TPSA) is 25.2 Å². The molecular formula is C15H24BrNO. The fraction of sp³-hybridized carbons (Fsp3) is 0.733. The second-order valence-electron chi connectivity index (χ2n) is 6.49. The van der Waals surface area contributed by atoms with E-state index in [2.05, 4.69) is 55.9 Å². The first-order valence-corrected chi connectivity index (χ1v) is 7.59. The van der Waals surface area contributed by atoms with Crippen LogP contribution in [0.1, 0.15) is 52.8 Å². The molecule has 0 bridgehead atoms. The summed E-state index contributed by atoms with van der Waals surface area (Å²) in [5.74, 6) is 1.66. The number of rotatable bonds is 5. The van der Waals surface area contributed by atoms with Gasteiger partial charge in [0.15, 0.2) is 0 Å². The van der Waals surface area contributed by atoms with Crippen LogP contribution in [0, 0.1) is 16.7 Å². The van der Waals surface area contributed by atoms with Crippen molar-refractivity contribution in [2.45, 2.75) is 47.1 Å². The predicted molar refractivity (Wildman–Crippen MR) is 78.5 cm³/mol. The summed E-state index contributed by atoms with van der Waals surface area (Å²) in [7, 11) is 0. The minimum atomic E-state index is 0.305. The van der Waals surface area contributed by atoms with Crippen molar-refractivity contribution in [3.05, 3.63) is 22.6 Å². The van der Waals surface area contributed by atoms with E-state index < -0.39 is 0 Å². The Morgan fingerprint density at radius 2 is 1.94 bits per heavy atom. The molecule has 1 aromatic heterocycles. The van der Waals surface area contributed by atoms with Gasteiger partial charge < -0.3 is 9.73 Å². The van der Waals surface area contributed by atoms with E-state index in [0.29, 0.717) is 22.8 Å². The van der Waals surface area contributed by atoms with Crippen LogP contribution in [0.4, 0.5) is 0 Å².